The average Bonchev–Trinajstić information content (AvgIpc) is 3.34. The Morgan fingerprint density at radius 1 is 1.06 bits per heavy atom. The molecule has 1 saturated heterocycles. The molecule has 2 aromatic carbocycles. The maximum absolute atomic E-state index is 12.8. The number of sulfonamides is 1. The molecule has 1 aliphatic heterocycles. The van der Waals surface area contributed by atoms with E-state index in [9.17, 15) is 22.8 Å². The van der Waals surface area contributed by atoms with Crippen LogP contribution in [0, 0.1) is 0 Å². The van der Waals surface area contributed by atoms with Gasteiger partial charge in [-0.1, -0.05) is 6.92 Å². The van der Waals surface area contributed by atoms with E-state index in [2.05, 4.69) is 5.32 Å². The zero-order chi connectivity index (χ0) is 24.0. The molecule has 2 amide bonds. The number of benzene rings is 2. The maximum Gasteiger partial charge on any atom is 0.252 e. The highest BCUT2D eigenvalue weighted by Crippen LogP contribution is 2.26. The van der Waals surface area contributed by atoms with Crippen molar-refractivity contribution in [1.82, 2.24) is 4.31 Å². The van der Waals surface area contributed by atoms with Crippen molar-refractivity contribution in [1.29, 1.82) is 0 Å². The third-order valence-electron chi connectivity index (χ3n) is 5.25. The number of rotatable bonds is 10. The van der Waals surface area contributed by atoms with Crippen LogP contribution in [0.25, 0.3) is 0 Å². The molecular weight excluding hydrogens is 446 g/mol. The third kappa shape index (κ3) is 5.96. The summed E-state index contributed by atoms with van der Waals surface area (Å²) in [5.74, 6) is -1.29. The van der Waals surface area contributed by atoms with Crippen LogP contribution in [-0.2, 0) is 14.8 Å². The second-order valence-corrected chi connectivity index (χ2v) is 9.66. The van der Waals surface area contributed by atoms with Crippen LogP contribution < -0.4 is 15.8 Å². The van der Waals surface area contributed by atoms with Crippen molar-refractivity contribution >= 4 is 33.3 Å². The maximum atomic E-state index is 12.8. The second-order valence-electron chi connectivity index (χ2n) is 7.72. The van der Waals surface area contributed by atoms with E-state index in [4.69, 9.17) is 10.5 Å². The number of Topliss-reactive ketones (excluding diaryl/α,β-unsaturated/α-hetero) is 1. The minimum Gasteiger partial charge on any atom is -0.485 e. The SMILES string of the molecule is CCCC(=O)Nc1ccc(C(=O)COc2ccc(S(=O)(=O)N3CCCC3)cc2C(N)=O)cc1. The van der Waals surface area contributed by atoms with Gasteiger partial charge in [-0.2, -0.15) is 4.31 Å². The highest BCUT2D eigenvalue weighted by Gasteiger charge is 2.28. The van der Waals surface area contributed by atoms with E-state index in [1.54, 1.807) is 24.3 Å². The molecule has 10 heteroatoms. The number of carbonyl (C=O) groups excluding carboxylic acids is 3. The third-order valence-corrected chi connectivity index (χ3v) is 7.14. The molecule has 0 unspecified atom stereocenters. The summed E-state index contributed by atoms with van der Waals surface area (Å²) in [5, 5.41) is 2.74. The Morgan fingerprint density at radius 2 is 1.73 bits per heavy atom. The minimum absolute atomic E-state index is 0.0275. The fourth-order valence-electron chi connectivity index (χ4n) is 3.48. The van der Waals surface area contributed by atoms with Gasteiger partial charge in [0.05, 0.1) is 10.5 Å². The highest BCUT2D eigenvalue weighted by atomic mass is 32.2. The van der Waals surface area contributed by atoms with E-state index in [0.717, 1.165) is 19.3 Å². The van der Waals surface area contributed by atoms with Crippen LogP contribution >= 0.6 is 0 Å². The number of nitrogens with two attached hydrogens (primary N) is 1. The van der Waals surface area contributed by atoms with Gasteiger partial charge in [0.1, 0.15) is 5.75 Å². The number of anilines is 1. The molecule has 3 N–H and O–H groups in total. The Morgan fingerprint density at radius 3 is 2.33 bits per heavy atom. The van der Waals surface area contributed by atoms with Crippen LogP contribution in [-0.4, -0.2) is 50.0 Å². The number of amides is 2. The van der Waals surface area contributed by atoms with Gasteiger partial charge in [-0.05, 0) is 61.7 Å². The van der Waals surface area contributed by atoms with Gasteiger partial charge in [0.15, 0.2) is 12.4 Å². The molecule has 0 spiro atoms. The topological polar surface area (TPSA) is 136 Å². The van der Waals surface area contributed by atoms with Crippen molar-refractivity contribution in [2.24, 2.45) is 5.73 Å². The van der Waals surface area contributed by atoms with Crippen LogP contribution in [0.15, 0.2) is 47.4 Å². The Labute approximate surface area is 193 Å². The largest absolute Gasteiger partial charge is 0.485 e. The summed E-state index contributed by atoms with van der Waals surface area (Å²) in [5.41, 5.74) is 6.25. The van der Waals surface area contributed by atoms with Crippen LogP contribution in [0.4, 0.5) is 5.69 Å². The predicted molar refractivity (Wildman–Crippen MR) is 123 cm³/mol. The first kappa shape index (κ1) is 24.4. The number of primary amides is 1. The summed E-state index contributed by atoms with van der Waals surface area (Å²) in [6.45, 7) is 2.40. The second kappa shape index (κ2) is 10.6. The van der Waals surface area contributed by atoms with Crippen LogP contribution in [0.2, 0.25) is 0 Å². The van der Waals surface area contributed by atoms with Crippen molar-refractivity contribution in [2.75, 3.05) is 25.0 Å². The first-order valence-corrected chi connectivity index (χ1v) is 12.2. The highest BCUT2D eigenvalue weighted by molar-refractivity contribution is 7.89. The molecule has 176 valence electrons. The summed E-state index contributed by atoms with van der Waals surface area (Å²) >= 11 is 0. The van der Waals surface area contributed by atoms with E-state index in [1.807, 2.05) is 6.92 Å². The lowest BCUT2D eigenvalue weighted by atomic mass is 10.1. The van der Waals surface area contributed by atoms with Gasteiger partial charge in [0.25, 0.3) is 5.91 Å². The molecule has 3 rings (SSSR count). The number of hydrogen-bond donors (Lipinski definition) is 2. The molecule has 0 atom stereocenters. The molecule has 0 aromatic heterocycles. The molecule has 0 saturated carbocycles. The molecule has 1 heterocycles. The van der Waals surface area contributed by atoms with Crippen molar-refractivity contribution in [2.45, 2.75) is 37.5 Å². The minimum atomic E-state index is -3.73. The van der Waals surface area contributed by atoms with Crippen LogP contribution in [0.1, 0.15) is 53.3 Å². The van der Waals surface area contributed by atoms with Gasteiger partial charge < -0.3 is 15.8 Å². The molecule has 1 fully saturated rings. The lowest BCUT2D eigenvalue weighted by molar-refractivity contribution is -0.116. The normalized spacial score (nSPS) is 14.1. The van der Waals surface area contributed by atoms with Gasteiger partial charge >= 0.3 is 0 Å². The Hall–Kier alpha value is -3.24. The van der Waals surface area contributed by atoms with Crippen molar-refractivity contribution < 1.29 is 27.5 Å². The van der Waals surface area contributed by atoms with E-state index < -0.39 is 15.9 Å². The van der Waals surface area contributed by atoms with Gasteiger partial charge in [-0.3, -0.25) is 14.4 Å². The van der Waals surface area contributed by atoms with E-state index in [1.165, 1.54) is 22.5 Å². The Balaban J connectivity index is 1.69. The fraction of sp³-hybridized carbons (Fsp3) is 0.348. The summed E-state index contributed by atoms with van der Waals surface area (Å²) in [6.07, 6.45) is 2.72. The predicted octanol–water partition coefficient (Wildman–Crippen LogP) is 2.57. The number of ether oxygens (including phenoxy) is 1. The van der Waals surface area contributed by atoms with E-state index in [-0.39, 0.29) is 34.5 Å². The zero-order valence-corrected chi connectivity index (χ0v) is 19.2. The number of ketones is 1. The van der Waals surface area contributed by atoms with Gasteiger partial charge in [0.2, 0.25) is 15.9 Å². The summed E-state index contributed by atoms with van der Waals surface area (Å²) in [4.78, 5) is 36.0. The number of nitrogens with one attached hydrogen (secondary N) is 1. The lowest BCUT2D eigenvalue weighted by Gasteiger charge is -2.17. The molecule has 0 radical (unpaired) electrons. The molecule has 0 aliphatic carbocycles. The molecule has 1 aliphatic rings. The van der Waals surface area contributed by atoms with Crippen molar-refractivity contribution in [3.63, 3.8) is 0 Å². The van der Waals surface area contributed by atoms with E-state index >= 15 is 0 Å². The van der Waals surface area contributed by atoms with E-state index in [0.29, 0.717) is 30.8 Å². The summed E-state index contributed by atoms with van der Waals surface area (Å²) in [6, 6.07) is 10.2. The van der Waals surface area contributed by atoms with Gasteiger partial charge in [-0.25, -0.2) is 8.42 Å². The Kier molecular flexibility index (Phi) is 7.83. The molecular formula is C23H27N3O6S. The number of carbonyl (C=O) groups is 3. The molecule has 9 nitrogen and oxygen atoms in total. The van der Waals surface area contributed by atoms with Crippen LogP contribution in [0.5, 0.6) is 5.75 Å². The molecule has 33 heavy (non-hydrogen) atoms. The number of nitrogens with zero attached hydrogens (tertiary/aromatic N) is 1. The Bertz CT molecular complexity index is 1140. The zero-order valence-electron chi connectivity index (χ0n) is 18.4. The molecule has 2 aromatic rings. The first-order valence-electron chi connectivity index (χ1n) is 10.7. The lowest BCUT2D eigenvalue weighted by Crippen LogP contribution is -2.28. The van der Waals surface area contributed by atoms with Crippen molar-refractivity contribution in [3.8, 4) is 5.75 Å². The smallest absolute Gasteiger partial charge is 0.252 e. The monoisotopic (exact) mass is 473 g/mol. The fourth-order valence-corrected chi connectivity index (χ4v) is 5.03. The van der Waals surface area contributed by atoms with Gasteiger partial charge in [0, 0.05) is 30.8 Å². The molecule has 0 bridgehead atoms. The summed E-state index contributed by atoms with van der Waals surface area (Å²) in [7, 11) is -3.73. The quantitative estimate of drug-likeness (QED) is 0.509. The first-order chi connectivity index (χ1) is 15.7. The average molecular weight is 474 g/mol. The van der Waals surface area contributed by atoms with Gasteiger partial charge in [-0.15, -0.1) is 0 Å². The number of hydrogen-bond acceptors (Lipinski definition) is 6. The standard InChI is InChI=1S/C23H27N3O6S/c1-2-5-22(28)25-17-8-6-16(7-9-17)20(27)15-32-21-11-10-18(14-19(21)23(24)29)33(30,31)26-12-3-4-13-26/h6-11,14H,2-5,12-13,15H2,1H3,(H2,24,29)(H,25,28). The van der Waals surface area contributed by atoms with Crippen molar-refractivity contribution in [3.05, 3.63) is 53.6 Å². The van der Waals surface area contributed by atoms with Crippen LogP contribution in [0.3, 0.4) is 0 Å². The summed E-state index contributed by atoms with van der Waals surface area (Å²) < 4.78 is 32.4.